The van der Waals surface area contributed by atoms with Gasteiger partial charge in [-0.1, -0.05) is 32.0 Å². The molecule has 1 aromatic heterocycles. The van der Waals surface area contributed by atoms with Crippen LogP contribution in [0.25, 0.3) is 0 Å². The van der Waals surface area contributed by atoms with Gasteiger partial charge in [-0.2, -0.15) is 0 Å². The van der Waals surface area contributed by atoms with Crippen molar-refractivity contribution in [2.24, 2.45) is 5.92 Å². The summed E-state index contributed by atoms with van der Waals surface area (Å²) in [5.41, 5.74) is 0.931. The number of thiophene rings is 1. The standard InChI is InChI=1S/C16H18FNOS/c1-11(2)16(12-5-7-13(17)8-6-12)18-15(19)10-14-4-3-9-20-14/h3-9,11,16H,10H2,1-2H3,(H,18,19). The predicted octanol–water partition coefficient (Wildman–Crippen LogP) is 3.94. The fourth-order valence-corrected chi connectivity index (χ4v) is 2.80. The molecule has 2 aromatic rings. The summed E-state index contributed by atoms with van der Waals surface area (Å²) in [4.78, 5) is 13.1. The van der Waals surface area contributed by atoms with Gasteiger partial charge in [0.25, 0.3) is 0 Å². The lowest BCUT2D eigenvalue weighted by molar-refractivity contribution is -0.121. The Balaban J connectivity index is 2.05. The summed E-state index contributed by atoms with van der Waals surface area (Å²) in [6.45, 7) is 4.08. The van der Waals surface area contributed by atoms with Crippen LogP contribution in [0, 0.1) is 11.7 Å². The van der Waals surface area contributed by atoms with Crippen LogP contribution in [-0.2, 0) is 11.2 Å². The van der Waals surface area contributed by atoms with Gasteiger partial charge in [-0.25, -0.2) is 4.39 Å². The number of amides is 1. The van der Waals surface area contributed by atoms with Gasteiger partial charge >= 0.3 is 0 Å². The largest absolute Gasteiger partial charge is 0.349 e. The van der Waals surface area contributed by atoms with E-state index < -0.39 is 0 Å². The minimum Gasteiger partial charge on any atom is -0.349 e. The average Bonchev–Trinajstić information content (AvgIpc) is 2.90. The molecule has 1 heterocycles. The molecular weight excluding hydrogens is 273 g/mol. The van der Waals surface area contributed by atoms with Gasteiger partial charge in [-0.3, -0.25) is 4.79 Å². The zero-order chi connectivity index (χ0) is 14.5. The van der Waals surface area contributed by atoms with Crippen molar-refractivity contribution < 1.29 is 9.18 Å². The van der Waals surface area contributed by atoms with Crippen molar-refractivity contribution in [2.75, 3.05) is 0 Å². The second-order valence-corrected chi connectivity index (χ2v) is 6.13. The lowest BCUT2D eigenvalue weighted by Gasteiger charge is -2.23. The number of benzene rings is 1. The molecule has 0 aliphatic heterocycles. The minimum atomic E-state index is -0.263. The van der Waals surface area contributed by atoms with E-state index in [1.165, 1.54) is 12.1 Å². The van der Waals surface area contributed by atoms with Gasteiger partial charge in [0.05, 0.1) is 12.5 Å². The van der Waals surface area contributed by atoms with Crippen molar-refractivity contribution in [3.05, 3.63) is 58.0 Å². The van der Waals surface area contributed by atoms with Crippen molar-refractivity contribution in [1.82, 2.24) is 5.32 Å². The van der Waals surface area contributed by atoms with Gasteiger partial charge < -0.3 is 5.32 Å². The molecule has 1 N–H and O–H groups in total. The molecule has 2 rings (SSSR count). The molecule has 1 unspecified atom stereocenters. The third kappa shape index (κ3) is 3.90. The van der Waals surface area contributed by atoms with Crippen molar-refractivity contribution in [3.8, 4) is 0 Å². The molecule has 20 heavy (non-hydrogen) atoms. The van der Waals surface area contributed by atoms with Gasteiger partial charge in [0.15, 0.2) is 0 Å². The van der Waals surface area contributed by atoms with E-state index in [0.29, 0.717) is 6.42 Å². The van der Waals surface area contributed by atoms with E-state index in [1.54, 1.807) is 23.5 Å². The molecule has 4 heteroatoms. The molecule has 0 bridgehead atoms. The second kappa shape index (κ2) is 6.66. The molecule has 1 aromatic carbocycles. The van der Waals surface area contributed by atoms with Gasteiger partial charge in [-0.05, 0) is 35.1 Å². The highest BCUT2D eigenvalue weighted by molar-refractivity contribution is 7.10. The van der Waals surface area contributed by atoms with E-state index in [9.17, 15) is 9.18 Å². The maximum atomic E-state index is 13.0. The van der Waals surface area contributed by atoms with Gasteiger partial charge in [0, 0.05) is 4.88 Å². The van der Waals surface area contributed by atoms with Crippen LogP contribution >= 0.6 is 11.3 Å². The molecule has 0 spiro atoms. The Morgan fingerprint density at radius 3 is 2.50 bits per heavy atom. The van der Waals surface area contributed by atoms with E-state index in [-0.39, 0.29) is 23.7 Å². The van der Waals surface area contributed by atoms with Crippen molar-refractivity contribution in [3.63, 3.8) is 0 Å². The lowest BCUT2D eigenvalue weighted by Crippen LogP contribution is -2.32. The van der Waals surface area contributed by atoms with Crippen molar-refractivity contribution in [1.29, 1.82) is 0 Å². The molecule has 0 aliphatic rings. The molecule has 0 aliphatic carbocycles. The van der Waals surface area contributed by atoms with E-state index >= 15 is 0 Å². The first kappa shape index (κ1) is 14.7. The Bertz CT molecular complexity index is 548. The first-order valence-corrected chi connectivity index (χ1v) is 7.51. The highest BCUT2D eigenvalue weighted by Gasteiger charge is 2.18. The summed E-state index contributed by atoms with van der Waals surface area (Å²) < 4.78 is 13.0. The minimum absolute atomic E-state index is 0.00419. The summed E-state index contributed by atoms with van der Waals surface area (Å²) in [5, 5.41) is 5.00. The molecular formula is C16H18FNOS. The highest BCUT2D eigenvalue weighted by Crippen LogP contribution is 2.22. The molecule has 1 amide bonds. The first-order valence-electron chi connectivity index (χ1n) is 6.63. The molecule has 0 radical (unpaired) electrons. The van der Waals surface area contributed by atoms with Gasteiger partial charge in [-0.15, -0.1) is 11.3 Å². The van der Waals surface area contributed by atoms with Crippen LogP contribution in [0.15, 0.2) is 41.8 Å². The van der Waals surface area contributed by atoms with Crippen LogP contribution in [0.1, 0.15) is 30.3 Å². The Hall–Kier alpha value is -1.68. The quantitative estimate of drug-likeness (QED) is 0.888. The van der Waals surface area contributed by atoms with Crippen molar-refractivity contribution in [2.45, 2.75) is 26.3 Å². The average molecular weight is 291 g/mol. The fraction of sp³-hybridized carbons (Fsp3) is 0.312. The van der Waals surface area contributed by atoms with Crippen LogP contribution < -0.4 is 5.32 Å². The zero-order valence-corrected chi connectivity index (χ0v) is 12.4. The smallest absolute Gasteiger partial charge is 0.225 e. The summed E-state index contributed by atoms with van der Waals surface area (Å²) in [7, 11) is 0. The number of hydrogen-bond acceptors (Lipinski definition) is 2. The summed E-state index contributed by atoms with van der Waals surface area (Å²) >= 11 is 1.57. The number of rotatable bonds is 5. The zero-order valence-electron chi connectivity index (χ0n) is 11.6. The Morgan fingerprint density at radius 1 is 1.25 bits per heavy atom. The Kier molecular flexibility index (Phi) is 4.90. The number of carbonyl (C=O) groups is 1. The predicted molar refractivity (Wildman–Crippen MR) is 80.1 cm³/mol. The third-order valence-electron chi connectivity index (χ3n) is 3.13. The van der Waals surface area contributed by atoms with E-state index in [4.69, 9.17) is 0 Å². The fourth-order valence-electron chi connectivity index (χ4n) is 2.10. The molecule has 0 saturated heterocycles. The topological polar surface area (TPSA) is 29.1 Å². The molecule has 2 nitrogen and oxygen atoms in total. The monoisotopic (exact) mass is 291 g/mol. The van der Waals surface area contributed by atoms with Crippen LogP contribution in [-0.4, -0.2) is 5.91 Å². The van der Waals surface area contributed by atoms with E-state index in [2.05, 4.69) is 5.32 Å². The maximum absolute atomic E-state index is 13.0. The van der Waals surface area contributed by atoms with E-state index in [1.807, 2.05) is 31.4 Å². The molecule has 0 saturated carbocycles. The van der Waals surface area contributed by atoms with Crippen LogP contribution in [0.2, 0.25) is 0 Å². The highest BCUT2D eigenvalue weighted by atomic mass is 32.1. The third-order valence-corrected chi connectivity index (χ3v) is 4.00. The summed E-state index contributed by atoms with van der Waals surface area (Å²) in [5.74, 6) is -0.0237. The Morgan fingerprint density at radius 2 is 1.95 bits per heavy atom. The summed E-state index contributed by atoms with van der Waals surface area (Å²) in [6, 6.07) is 10.1. The molecule has 0 fully saturated rings. The van der Waals surface area contributed by atoms with E-state index in [0.717, 1.165) is 10.4 Å². The number of hydrogen-bond donors (Lipinski definition) is 1. The van der Waals surface area contributed by atoms with Crippen LogP contribution in [0.4, 0.5) is 4.39 Å². The second-order valence-electron chi connectivity index (χ2n) is 5.10. The van der Waals surface area contributed by atoms with Crippen LogP contribution in [0.5, 0.6) is 0 Å². The van der Waals surface area contributed by atoms with Crippen LogP contribution in [0.3, 0.4) is 0 Å². The number of carbonyl (C=O) groups excluding carboxylic acids is 1. The lowest BCUT2D eigenvalue weighted by atomic mass is 9.96. The van der Waals surface area contributed by atoms with Crippen molar-refractivity contribution >= 4 is 17.2 Å². The molecule has 106 valence electrons. The maximum Gasteiger partial charge on any atom is 0.225 e. The van der Waals surface area contributed by atoms with Gasteiger partial charge in [0.2, 0.25) is 5.91 Å². The summed E-state index contributed by atoms with van der Waals surface area (Å²) in [6.07, 6.45) is 0.391. The SMILES string of the molecule is CC(C)C(NC(=O)Cc1cccs1)c1ccc(F)cc1. The Labute approximate surface area is 122 Å². The number of halogens is 1. The number of nitrogens with one attached hydrogen (secondary N) is 1. The van der Waals surface area contributed by atoms with Gasteiger partial charge in [0.1, 0.15) is 5.82 Å². The first-order chi connectivity index (χ1) is 9.56. The normalized spacial score (nSPS) is 12.4. The molecule has 1 atom stereocenters.